The molecule has 7 heteroatoms. The predicted molar refractivity (Wildman–Crippen MR) is 82.4 cm³/mol. The highest BCUT2D eigenvalue weighted by atomic mass is 19.1. The topological polar surface area (TPSA) is 75.4 Å². The maximum absolute atomic E-state index is 13.7. The van der Waals surface area contributed by atoms with Crippen molar-refractivity contribution < 1.29 is 18.5 Å². The van der Waals surface area contributed by atoms with Crippen LogP contribution in [0.5, 0.6) is 0 Å². The van der Waals surface area contributed by atoms with Gasteiger partial charge in [0.2, 0.25) is 5.91 Å². The minimum absolute atomic E-state index is 0.0977. The fourth-order valence-corrected chi connectivity index (χ4v) is 1.96. The Labute approximate surface area is 132 Å². The van der Waals surface area contributed by atoms with Gasteiger partial charge in [0, 0.05) is 12.6 Å². The molecule has 1 heterocycles. The first-order valence-corrected chi connectivity index (χ1v) is 6.89. The summed E-state index contributed by atoms with van der Waals surface area (Å²) in [6.45, 7) is 5.09. The molecule has 1 N–H and O–H groups in total. The van der Waals surface area contributed by atoms with E-state index in [0.29, 0.717) is 5.76 Å². The molecule has 0 bridgehead atoms. The van der Waals surface area contributed by atoms with Crippen LogP contribution in [0, 0.1) is 12.7 Å². The van der Waals surface area contributed by atoms with Crippen LogP contribution in [0.2, 0.25) is 0 Å². The second-order valence-electron chi connectivity index (χ2n) is 4.83. The number of aryl methyl sites for hydroxylation is 1. The predicted octanol–water partition coefficient (Wildman–Crippen LogP) is 2.39. The Balaban J connectivity index is 2.08. The van der Waals surface area contributed by atoms with Crippen LogP contribution in [0.1, 0.15) is 16.1 Å². The van der Waals surface area contributed by atoms with Crippen molar-refractivity contribution in [3.8, 4) is 0 Å². The largest absolute Gasteiger partial charge is 0.360 e. The third-order valence-electron chi connectivity index (χ3n) is 2.97. The van der Waals surface area contributed by atoms with Gasteiger partial charge in [0.15, 0.2) is 5.82 Å². The van der Waals surface area contributed by atoms with Gasteiger partial charge in [-0.15, -0.1) is 6.58 Å². The first-order valence-electron chi connectivity index (χ1n) is 6.89. The third-order valence-corrected chi connectivity index (χ3v) is 2.97. The van der Waals surface area contributed by atoms with Crippen molar-refractivity contribution in [3.63, 3.8) is 0 Å². The number of carbonyl (C=O) groups is 2. The van der Waals surface area contributed by atoms with Gasteiger partial charge >= 0.3 is 0 Å². The first-order chi connectivity index (χ1) is 11.0. The van der Waals surface area contributed by atoms with E-state index in [9.17, 15) is 14.0 Å². The lowest BCUT2D eigenvalue weighted by atomic mass is 10.2. The van der Waals surface area contributed by atoms with Gasteiger partial charge in [0.25, 0.3) is 5.91 Å². The minimum atomic E-state index is -0.640. The Morgan fingerprint density at radius 1 is 1.43 bits per heavy atom. The summed E-state index contributed by atoms with van der Waals surface area (Å²) in [6, 6.07) is 7.16. The normalized spacial score (nSPS) is 10.2. The molecule has 0 saturated heterocycles. The lowest BCUT2D eigenvalue weighted by Crippen LogP contribution is -2.38. The van der Waals surface area contributed by atoms with Crippen LogP contribution in [0.4, 0.5) is 10.2 Å². The molecular weight excluding hydrogens is 301 g/mol. The molecule has 2 aromatic rings. The number of amides is 2. The van der Waals surface area contributed by atoms with Crippen molar-refractivity contribution in [1.82, 2.24) is 10.1 Å². The van der Waals surface area contributed by atoms with E-state index in [2.05, 4.69) is 17.1 Å². The highest BCUT2D eigenvalue weighted by Gasteiger charge is 2.20. The summed E-state index contributed by atoms with van der Waals surface area (Å²) in [6.07, 6.45) is 1.46. The Bertz CT molecular complexity index is 727. The second-order valence-corrected chi connectivity index (χ2v) is 4.83. The van der Waals surface area contributed by atoms with Gasteiger partial charge in [-0.2, -0.15) is 0 Å². The van der Waals surface area contributed by atoms with E-state index in [1.807, 2.05) is 0 Å². The van der Waals surface area contributed by atoms with Crippen molar-refractivity contribution in [1.29, 1.82) is 0 Å². The number of rotatable bonds is 6. The van der Waals surface area contributed by atoms with E-state index >= 15 is 0 Å². The number of benzene rings is 1. The van der Waals surface area contributed by atoms with Gasteiger partial charge < -0.3 is 14.7 Å². The number of halogens is 1. The number of nitrogens with zero attached hydrogens (tertiary/aromatic N) is 2. The summed E-state index contributed by atoms with van der Waals surface area (Å²) in [5, 5.41) is 6.14. The van der Waals surface area contributed by atoms with E-state index in [-0.39, 0.29) is 24.5 Å². The van der Waals surface area contributed by atoms with Crippen LogP contribution in [-0.4, -0.2) is 35.0 Å². The van der Waals surface area contributed by atoms with Crippen LogP contribution in [0.3, 0.4) is 0 Å². The summed E-state index contributed by atoms with van der Waals surface area (Å²) in [5.74, 6) is -0.895. The van der Waals surface area contributed by atoms with Crippen LogP contribution in [0.15, 0.2) is 47.5 Å². The molecule has 0 aliphatic rings. The van der Waals surface area contributed by atoms with Gasteiger partial charge in [-0.05, 0) is 19.1 Å². The van der Waals surface area contributed by atoms with Crippen molar-refractivity contribution in [2.75, 3.05) is 18.4 Å². The molecule has 0 unspecified atom stereocenters. The van der Waals surface area contributed by atoms with E-state index in [4.69, 9.17) is 4.52 Å². The summed E-state index contributed by atoms with van der Waals surface area (Å²) in [7, 11) is 0. The molecule has 0 aliphatic heterocycles. The smallest absolute Gasteiger partial charge is 0.257 e. The third kappa shape index (κ3) is 4.26. The van der Waals surface area contributed by atoms with Crippen molar-refractivity contribution in [2.24, 2.45) is 0 Å². The monoisotopic (exact) mass is 317 g/mol. The van der Waals surface area contributed by atoms with Crippen molar-refractivity contribution in [2.45, 2.75) is 6.92 Å². The number of nitrogens with one attached hydrogen (secondary N) is 1. The second kappa shape index (κ2) is 7.35. The zero-order valence-corrected chi connectivity index (χ0v) is 12.6. The molecule has 0 radical (unpaired) electrons. The van der Waals surface area contributed by atoms with Crippen LogP contribution in [-0.2, 0) is 4.79 Å². The van der Waals surface area contributed by atoms with Gasteiger partial charge in [0.05, 0.1) is 5.56 Å². The Hall–Kier alpha value is -2.96. The quantitative estimate of drug-likeness (QED) is 0.830. The van der Waals surface area contributed by atoms with E-state index in [0.717, 1.165) is 0 Å². The van der Waals surface area contributed by atoms with Crippen LogP contribution in [0.25, 0.3) is 0 Å². The molecule has 0 atom stereocenters. The van der Waals surface area contributed by atoms with E-state index in [1.54, 1.807) is 19.1 Å². The van der Waals surface area contributed by atoms with Crippen molar-refractivity contribution >= 4 is 17.6 Å². The standard InChI is InChI=1S/C16H16FN3O3/c1-3-8-20(16(22)12-6-4-5-7-13(12)17)10-15(21)18-14-9-11(2)23-19-14/h3-7,9H,1,8,10H2,2H3,(H,18,19,21). The fourth-order valence-electron chi connectivity index (χ4n) is 1.96. The number of anilines is 1. The van der Waals surface area contributed by atoms with Gasteiger partial charge in [-0.25, -0.2) is 4.39 Å². The number of carbonyl (C=O) groups excluding carboxylic acids is 2. The summed E-state index contributed by atoms with van der Waals surface area (Å²) in [4.78, 5) is 25.6. The Kier molecular flexibility index (Phi) is 5.24. The van der Waals surface area contributed by atoms with Gasteiger partial charge in [0.1, 0.15) is 18.1 Å². The van der Waals surface area contributed by atoms with Crippen molar-refractivity contribution in [3.05, 3.63) is 60.1 Å². The molecule has 1 aromatic heterocycles. The SMILES string of the molecule is C=CCN(CC(=O)Nc1cc(C)on1)C(=O)c1ccccc1F. The van der Waals surface area contributed by atoms with Gasteiger partial charge in [-0.3, -0.25) is 9.59 Å². The lowest BCUT2D eigenvalue weighted by molar-refractivity contribution is -0.116. The molecular formula is C16H16FN3O3. The molecule has 2 rings (SSSR count). The molecule has 120 valence electrons. The minimum Gasteiger partial charge on any atom is -0.360 e. The molecule has 0 fully saturated rings. The van der Waals surface area contributed by atoms with Crippen LogP contribution < -0.4 is 5.32 Å². The highest BCUT2D eigenvalue weighted by molar-refractivity contribution is 5.99. The van der Waals surface area contributed by atoms with E-state index in [1.165, 1.54) is 29.2 Å². The lowest BCUT2D eigenvalue weighted by Gasteiger charge is -2.20. The molecule has 2 amide bonds. The number of hydrogen-bond acceptors (Lipinski definition) is 4. The number of hydrogen-bond donors (Lipinski definition) is 1. The molecule has 1 aromatic carbocycles. The molecule has 23 heavy (non-hydrogen) atoms. The summed E-state index contributed by atoms with van der Waals surface area (Å²) in [5.41, 5.74) is -0.0977. The maximum atomic E-state index is 13.7. The Morgan fingerprint density at radius 2 is 2.17 bits per heavy atom. The number of aromatic nitrogens is 1. The maximum Gasteiger partial charge on any atom is 0.257 e. The molecule has 0 aliphatic carbocycles. The highest BCUT2D eigenvalue weighted by Crippen LogP contribution is 2.11. The molecule has 0 spiro atoms. The fraction of sp³-hybridized carbons (Fsp3) is 0.188. The zero-order valence-electron chi connectivity index (χ0n) is 12.6. The average Bonchev–Trinajstić information content (AvgIpc) is 2.91. The first kappa shape index (κ1) is 16.4. The summed E-state index contributed by atoms with van der Waals surface area (Å²) >= 11 is 0. The molecule has 6 nitrogen and oxygen atoms in total. The zero-order chi connectivity index (χ0) is 16.8. The summed E-state index contributed by atoms with van der Waals surface area (Å²) < 4.78 is 18.6. The molecule has 0 saturated carbocycles. The van der Waals surface area contributed by atoms with E-state index < -0.39 is 17.6 Å². The Morgan fingerprint density at radius 3 is 2.78 bits per heavy atom. The average molecular weight is 317 g/mol. The van der Waals surface area contributed by atoms with Gasteiger partial charge in [-0.1, -0.05) is 23.4 Å². The van der Waals surface area contributed by atoms with Crippen LogP contribution >= 0.6 is 0 Å².